The highest BCUT2D eigenvalue weighted by Gasteiger charge is 2.28. The van der Waals surface area contributed by atoms with Crippen LogP contribution in [0.15, 0.2) is 0 Å². The molecule has 2 heterocycles. The normalized spacial score (nSPS) is 23.9. The molecule has 0 aromatic heterocycles. The molecule has 2 aliphatic heterocycles. The van der Waals surface area contributed by atoms with Crippen LogP contribution in [0.25, 0.3) is 0 Å². The summed E-state index contributed by atoms with van der Waals surface area (Å²) in [7, 11) is 0. The molecule has 2 aliphatic rings. The fourth-order valence-corrected chi connectivity index (χ4v) is 3.93. The molecule has 0 aromatic rings. The Morgan fingerprint density at radius 3 is 2.30 bits per heavy atom. The molecule has 2 rings (SSSR count). The van der Waals surface area contributed by atoms with E-state index in [1.54, 1.807) is 0 Å². The smallest absolute Gasteiger partial charge is 0.0122 e. The van der Waals surface area contributed by atoms with Crippen molar-refractivity contribution in [3.63, 3.8) is 0 Å². The highest BCUT2D eigenvalue weighted by atomic mass is 15.2. The van der Waals surface area contributed by atoms with Crippen LogP contribution in [-0.4, -0.2) is 61.2 Å². The Hall–Kier alpha value is -0.120. The Balaban J connectivity index is 1.82. The van der Waals surface area contributed by atoms with Gasteiger partial charge in [-0.1, -0.05) is 6.92 Å². The summed E-state index contributed by atoms with van der Waals surface area (Å²) in [6.45, 7) is 14.8. The SMILES string of the molecule is CCCN1CCC(N(CC2CCNCC2)C(C)C)CC1. The van der Waals surface area contributed by atoms with Gasteiger partial charge < -0.3 is 10.2 Å². The van der Waals surface area contributed by atoms with Crippen LogP contribution < -0.4 is 5.32 Å². The van der Waals surface area contributed by atoms with E-state index >= 15 is 0 Å². The molecule has 2 saturated heterocycles. The molecule has 0 amide bonds. The molecule has 0 aliphatic carbocycles. The summed E-state index contributed by atoms with van der Waals surface area (Å²) in [5, 5.41) is 3.49. The Bertz CT molecular complexity index is 253. The van der Waals surface area contributed by atoms with Gasteiger partial charge in [-0.05, 0) is 84.6 Å². The van der Waals surface area contributed by atoms with Crippen LogP contribution in [0.5, 0.6) is 0 Å². The third kappa shape index (κ3) is 4.71. The first kappa shape index (κ1) is 16.3. The highest BCUT2D eigenvalue weighted by Crippen LogP contribution is 2.23. The van der Waals surface area contributed by atoms with Crippen LogP contribution in [0.1, 0.15) is 52.9 Å². The van der Waals surface area contributed by atoms with Gasteiger partial charge in [0.1, 0.15) is 0 Å². The Kier molecular flexibility index (Phi) is 6.79. The van der Waals surface area contributed by atoms with Crippen molar-refractivity contribution < 1.29 is 0 Å². The van der Waals surface area contributed by atoms with Gasteiger partial charge in [-0.2, -0.15) is 0 Å². The van der Waals surface area contributed by atoms with Crippen molar-refractivity contribution >= 4 is 0 Å². The molecule has 3 nitrogen and oxygen atoms in total. The zero-order chi connectivity index (χ0) is 14.4. The minimum absolute atomic E-state index is 0.701. The number of nitrogens with one attached hydrogen (secondary N) is 1. The van der Waals surface area contributed by atoms with Crippen LogP contribution in [-0.2, 0) is 0 Å². The summed E-state index contributed by atoms with van der Waals surface area (Å²) in [6.07, 6.45) is 6.80. The van der Waals surface area contributed by atoms with E-state index in [0.717, 1.165) is 12.0 Å². The molecule has 0 spiro atoms. The molecule has 20 heavy (non-hydrogen) atoms. The third-order valence-electron chi connectivity index (χ3n) is 5.16. The largest absolute Gasteiger partial charge is 0.317 e. The van der Waals surface area contributed by atoms with Gasteiger partial charge in [0.2, 0.25) is 0 Å². The number of hydrogen-bond donors (Lipinski definition) is 1. The lowest BCUT2D eigenvalue weighted by atomic mass is 9.94. The van der Waals surface area contributed by atoms with Crippen molar-refractivity contribution in [2.45, 2.75) is 65.0 Å². The van der Waals surface area contributed by atoms with E-state index in [4.69, 9.17) is 0 Å². The summed E-state index contributed by atoms with van der Waals surface area (Å²) in [5.74, 6) is 0.923. The first-order valence-corrected chi connectivity index (χ1v) is 8.89. The van der Waals surface area contributed by atoms with Crippen molar-refractivity contribution in [1.82, 2.24) is 15.1 Å². The molecular formula is C17H35N3. The maximum Gasteiger partial charge on any atom is 0.0122 e. The van der Waals surface area contributed by atoms with Crippen LogP contribution in [0.4, 0.5) is 0 Å². The van der Waals surface area contributed by atoms with E-state index in [9.17, 15) is 0 Å². The van der Waals surface area contributed by atoms with Gasteiger partial charge in [0, 0.05) is 18.6 Å². The summed E-state index contributed by atoms with van der Waals surface area (Å²) in [6, 6.07) is 1.53. The van der Waals surface area contributed by atoms with Crippen molar-refractivity contribution in [2.24, 2.45) is 5.92 Å². The number of piperidine rings is 2. The molecule has 3 heteroatoms. The monoisotopic (exact) mass is 281 g/mol. The Labute approximate surface area is 126 Å². The summed E-state index contributed by atoms with van der Waals surface area (Å²) < 4.78 is 0. The fourth-order valence-electron chi connectivity index (χ4n) is 3.93. The van der Waals surface area contributed by atoms with E-state index in [0.29, 0.717) is 6.04 Å². The molecule has 2 fully saturated rings. The Morgan fingerprint density at radius 2 is 1.75 bits per heavy atom. The fraction of sp³-hybridized carbons (Fsp3) is 1.00. The lowest BCUT2D eigenvalue weighted by Crippen LogP contribution is -2.50. The third-order valence-corrected chi connectivity index (χ3v) is 5.16. The van der Waals surface area contributed by atoms with Crippen molar-refractivity contribution in [3.05, 3.63) is 0 Å². The second kappa shape index (κ2) is 8.35. The van der Waals surface area contributed by atoms with E-state index in [1.807, 2.05) is 0 Å². The standard InChI is InChI=1S/C17H35N3/c1-4-11-19-12-7-17(8-13-19)20(15(2)3)14-16-5-9-18-10-6-16/h15-18H,4-14H2,1-3H3. The second-order valence-corrected chi connectivity index (χ2v) is 7.06. The molecule has 0 unspecified atom stereocenters. The number of likely N-dealkylation sites (tertiary alicyclic amines) is 1. The summed E-state index contributed by atoms with van der Waals surface area (Å²) in [5.41, 5.74) is 0. The lowest BCUT2D eigenvalue weighted by Gasteiger charge is -2.42. The molecular weight excluding hydrogens is 246 g/mol. The van der Waals surface area contributed by atoms with Gasteiger partial charge in [-0.25, -0.2) is 0 Å². The molecule has 0 radical (unpaired) electrons. The van der Waals surface area contributed by atoms with Crippen LogP contribution in [0.3, 0.4) is 0 Å². The lowest BCUT2D eigenvalue weighted by molar-refractivity contribution is 0.0656. The van der Waals surface area contributed by atoms with Gasteiger partial charge in [-0.3, -0.25) is 4.90 Å². The van der Waals surface area contributed by atoms with E-state index in [2.05, 4.69) is 35.9 Å². The van der Waals surface area contributed by atoms with E-state index in [1.165, 1.54) is 71.4 Å². The zero-order valence-corrected chi connectivity index (χ0v) is 13.9. The predicted octanol–water partition coefficient (Wildman–Crippen LogP) is 2.57. The first-order chi connectivity index (χ1) is 9.70. The van der Waals surface area contributed by atoms with Gasteiger partial charge in [0.15, 0.2) is 0 Å². The predicted molar refractivity (Wildman–Crippen MR) is 87.2 cm³/mol. The maximum absolute atomic E-state index is 3.49. The minimum atomic E-state index is 0.701. The summed E-state index contributed by atoms with van der Waals surface area (Å²) >= 11 is 0. The molecule has 0 aromatic carbocycles. The van der Waals surface area contributed by atoms with Gasteiger partial charge in [-0.15, -0.1) is 0 Å². The second-order valence-electron chi connectivity index (χ2n) is 7.06. The first-order valence-electron chi connectivity index (χ1n) is 8.89. The van der Waals surface area contributed by atoms with Crippen molar-refractivity contribution in [1.29, 1.82) is 0 Å². The molecule has 0 saturated carbocycles. The number of hydrogen-bond acceptors (Lipinski definition) is 3. The topological polar surface area (TPSA) is 18.5 Å². The van der Waals surface area contributed by atoms with E-state index < -0.39 is 0 Å². The average molecular weight is 281 g/mol. The maximum atomic E-state index is 3.49. The molecule has 0 bridgehead atoms. The van der Waals surface area contributed by atoms with E-state index in [-0.39, 0.29) is 0 Å². The van der Waals surface area contributed by atoms with Crippen LogP contribution in [0, 0.1) is 5.92 Å². The summed E-state index contributed by atoms with van der Waals surface area (Å²) in [4.78, 5) is 5.47. The quantitative estimate of drug-likeness (QED) is 0.807. The number of nitrogens with zero attached hydrogens (tertiary/aromatic N) is 2. The molecule has 0 atom stereocenters. The van der Waals surface area contributed by atoms with Crippen molar-refractivity contribution in [3.8, 4) is 0 Å². The van der Waals surface area contributed by atoms with Crippen LogP contribution in [0.2, 0.25) is 0 Å². The zero-order valence-electron chi connectivity index (χ0n) is 13.9. The van der Waals surface area contributed by atoms with Crippen molar-refractivity contribution in [2.75, 3.05) is 39.3 Å². The Morgan fingerprint density at radius 1 is 1.10 bits per heavy atom. The van der Waals surface area contributed by atoms with Gasteiger partial charge >= 0.3 is 0 Å². The molecule has 1 N–H and O–H groups in total. The average Bonchev–Trinajstić information content (AvgIpc) is 2.47. The van der Waals surface area contributed by atoms with Gasteiger partial charge in [0.05, 0.1) is 0 Å². The van der Waals surface area contributed by atoms with Gasteiger partial charge in [0.25, 0.3) is 0 Å². The minimum Gasteiger partial charge on any atom is -0.317 e. The molecule has 118 valence electrons. The van der Waals surface area contributed by atoms with Crippen LogP contribution >= 0.6 is 0 Å². The highest BCUT2D eigenvalue weighted by molar-refractivity contribution is 4.84. The number of rotatable bonds is 6.